The largest absolute Gasteiger partial charge is 0.493 e. The van der Waals surface area contributed by atoms with Crippen molar-refractivity contribution in [3.05, 3.63) is 65.7 Å². The van der Waals surface area contributed by atoms with E-state index >= 15 is 0 Å². The molecule has 2 aliphatic rings. The zero-order chi connectivity index (χ0) is 30.8. The fourth-order valence-electron chi connectivity index (χ4n) is 5.53. The molecule has 0 saturated carbocycles. The van der Waals surface area contributed by atoms with Crippen LogP contribution in [0.25, 0.3) is 0 Å². The van der Waals surface area contributed by atoms with E-state index in [2.05, 4.69) is 10.2 Å². The summed E-state index contributed by atoms with van der Waals surface area (Å²) >= 11 is 0. The number of para-hydroxylation sites is 1. The molecular formula is C33H45N5O5. The van der Waals surface area contributed by atoms with Gasteiger partial charge in [0.1, 0.15) is 17.8 Å². The maximum Gasteiger partial charge on any atom is 0.255 e. The van der Waals surface area contributed by atoms with Gasteiger partial charge >= 0.3 is 0 Å². The summed E-state index contributed by atoms with van der Waals surface area (Å²) in [6.07, 6.45) is 3.57. The van der Waals surface area contributed by atoms with E-state index in [9.17, 15) is 19.2 Å². The minimum absolute atomic E-state index is 0.149. The molecule has 4 rings (SSSR count). The zero-order valence-electron chi connectivity index (χ0n) is 25.7. The van der Waals surface area contributed by atoms with E-state index in [4.69, 9.17) is 4.74 Å². The summed E-state index contributed by atoms with van der Waals surface area (Å²) in [5.74, 6) is -0.871. The molecule has 0 aromatic heterocycles. The quantitative estimate of drug-likeness (QED) is 0.589. The lowest BCUT2D eigenvalue weighted by atomic mass is 10.0. The molecule has 4 amide bonds. The predicted molar refractivity (Wildman–Crippen MR) is 165 cm³/mol. The highest BCUT2D eigenvalue weighted by atomic mass is 16.5. The van der Waals surface area contributed by atoms with Crippen molar-refractivity contribution in [3.8, 4) is 5.75 Å². The van der Waals surface area contributed by atoms with Crippen LogP contribution in [-0.2, 0) is 20.8 Å². The lowest BCUT2D eigenvalue weighted by molar-refractivity contribution is -0.145. The number of carbonyl (C=O) groups is 4. The van der Waals surface area contributed by atoms with Gasteiger partial charge < -0.3 is 29.7 Å². The number of benzene rings is 2. The van der Waals surface area contributed by atoms with Crippen LogP contribution in [0.2, 0.25) is 0 Å². The molecule has 10 nitrogen and oxygen atoms in total. The molecule has 0 bridgehead atoms. The van der Waals surface area contributed by atoms with Crippen molar-refractivity contribution in [2.24, 2.45) is 0 Å². The highest BCUT2D eigenvalue weighted by Gasteiger charge is 2.35. The number of hydrogen-bond acceptors (Lipinski definition) is 6. The molecule has 1 N–H and O–H groups in total. The zero-order valence-corrected chi connectivity index (χ0v) is 25.7. The van der Waals surface area contributed by atoms with Gasteiger partial charge in [-0.1, -0.05) is 55.3 Å². The number of ether oxygens (including phenoxy) is 1. The van der Waals surface area contributed by atoms with Crippen molar-refractivity contribution in [3.63, 3.8) is 0 Å². The van der Waals surface area contributed by atoms with Gasteiger partial charge in [0.25, 0.3) is 5.91 Å². The van der Waals surface area contributed by atoms with Gasteiger partial charge in [-0.15, -0.1) is 0 Å². The fourth-order valence-corrected chi connectivity index (χ4v) is 5.53. The molecular weight excluding hydrogens is 546 g/mol. The third-order valence-electron chi connectivity index (χ3n) is 8.37. The van der Waals surface area contributed by atoms with Gasteiger partial charge in [0, 0.05) is 53.2 Å². The Morgan fingerprint density at radius 2 is 1.51 bits per heavy atom. The van der Waals surface area contributed by atoms with Gasteiger partial charge in [0.05, 0.1) is 18.6 Å². The van der Waals surface area contributed by atoms with Crippen LogP contribution in [0.1, 0.15) is 48.0 Å². The van der Waals surface area contributed by atoms with Crippen molar-refractivity contribution in [1.82, 2.24) is 24.9 Å². The van der Waals surface area contributed by atoms with Gasteiger partial charge in [-0.2, -0.15) is 0 Å². The van der Waals surface area contributed by atoms with E-state index < -0.39 is 18.0 Å². The predicted octanol–water partition coefficient (Wildman–Crippen LogP) is 2.43. The number of piperazine rings is 1. The normalized spacial score (nSPS) is 22.2. The number of nitrogens with zero attached hydrogens (tertiary/aromatic N) is 4. The van der Waals surface area contributed by atoms with Crippen LogP contribution in [-0.4, -0.2) is 116 Å². The van der Waals surface area contributed by atoms with Gasteiger partial charge in [-0.3, -0.25) is 19.2 Å². The Kier molecular flexibility index (Phi) is 11.6. The third-order valence-corrected chi connectivity index (χ3v) is 8.37. The second kappa shape index (κ2) is 15.5. The Morgan fingerprint density at radius 3 is 2.26 bits per heavy atom. The summed E-state index contributed by atoms with van der Waals surface area (Å²) in [5, 5.41) is 2.85. The lowest BCUT2D eigenvalue weighted by Crippen LogP contribution is -2.56. The number of fused-ring (bicyclic) bond motifs is 1. The van der Waals surface area contributed by atoms with Crippen molar-refractivity contribution >= 4 is 23.6 Å². The molecule has 0 aliphatic carbocycles. The molecule has 2 aromatic rings. The molecule has 0 unspecified atom stereocenters. The standard InChI is InChI=1S/C33H45N5O5/c1-35-18-20-38(21-19-35)32(41)27-24-30(39)37(3)28(23-25-13-7-6-8-14-25)33(42)36(2)17-11-4-5-12-22-43-29-16-10-9-15-26(29)31(40)34-27/h6-10,13-16,27-28H,4-5,11-12,17-24H2,1-3H3,(H,34,40)/t27-,28-/m0/s1. The molecule has 0 radical (unpaired) electrons. The van der Waals surface area contributed by atoms with E-state index in [0.717, 1.165) is 31.2 Å². The number of hydrogen-bond donors (Lipinski definition) is 1. The summed E-state index contributed by atoms with van der Waals surface area (Å²) in [7, 11) is 5.38. The van der Waals surface area contributed by atoms with Crippen LogP contribution < -0.4 is 10.1 Å². The van der Waals surface area contributed by atoms with Crippen LogP contribution in [0.4, 0.5) is 0 Å². The Labute approximate surface area is 254 Å². The number of likely N-dealkylation sites (N-methyl/N-ethyl adjacent to an activating group) is 3. The summed E-state index contributed by atoms with van der Waals surface area (Å²) in [5.41, 5.74) is 1.25. The smallest absolute Gasteiger partial charge is 0.255 e. The molecule has 10 heteroatoms. The number of rotatable bonds is 3. The first-order chi connectivity index (χ1) is 20.7. The first-order valence-corrected chi connectivity index (χ1v) is 15.3. The SMILES string of the molecule is CN1CCN(C(=O)[C@@H]2CC(=O)N(C)[C@@H](Cc3ccccc3)C(=O)N(C)CCCCCCOc3ccccc3C(=O)N2)CC1. The Morgan fingerprint density at radius 1 is 0.837 bits per heavy atom. The van der Waals surface area contributed by atoms with E-state index in [1.54, 1.807) is 42.1 Å². The summed E-state index contributed by atoms with van der Waals surface area (Å²) in [6.45, 7) is 3.45. The fraction of sp³-hybridized carbons (Fsp3) is 0.515. The maximum atomic E-state index is 13.9. The third kappa shape index (κ3) is 8.79. The van der Waals surface area contributed by atoms with Crippen LogP contribution in [0, 0.1) is 0 Å². The molecule has 0 spiro atoms. The van der Waals surface area contributed by atoms with E-state index in [1.165, 1.54) is 4.90 Å². The van der Waals surface area contributed by atoms with Crippen molar-refractivity contribution in [2.75, 3.05) is 60.5 Å². The number of carbonyl (C=O) groups excluding carboxylic acids is 4. The first kappa shape index (κ1) is 32.0. The molecule has 232 valence electrons. The molecule has 2 aliphatic heterocycles. The Balaban J connectivity index is 1.64. The minimum Gasteiger partial charge on any atom is -0.493 e. The maximum absolute atomic E-state index is 13.9. The average Bonchev–Trinajstić information content (AvgIpc) is 3.02. The second-order valence-electron chi connectivity index (χ2n) is 11.6. The molecule has 1 saturated heterocycles. The topological polar surface area (TPSA) is 102 Å². The van der Waals surface area contributed by atoms with Crippen LogP contribution in [0.15, 0.2) is 54.6 Å². The van der Waals surface area contributed by atoms with E-state index in [1.807, 2.05) is 43.4 Å². The monoisotopic (exact) mass is 591 g/mol. The van der Waals surface area contributed by atoms with Crippen molar-refractivity contribution in [1.29, 1.82) is 0 Å². The molecule has 2 aromatic carbocycles. The summed E-state index contributed by atoms with van der Waals surface area (Å²) in [6, 6.07) is 14.7. The van der Waals surface area contributed by atoms with Crippen LogP contribution >= 0.6 is 0 Å². The molecule has 2 atom stereocenters. The Hall–Kier alpha value is -3.92. The van der Waals surface area contributed by atoms with Gasteiger partial charge in [0.15, 0.2) is 0 Å². The van der Waals surface area contributed by atoms with Gasteiger partial charge in [-0.25, -0.2) is 0 Å². The minimum atomic E-state index is -1.09. The highest BCUT2D eigenvalue weighted by molar-refractivity contribution is 6.01. The molecule has 1 fully saturated rings. The highest BCUT2D eigenvalue weighted by Crippen LogP contribution is 2.20. The van der Waals surface area contributed by atoms with Crippen molar-refractivity contribution in [2.45, 2.75) is 50.6 Å². The number of nitrogens with one attached hydrogen (secondary N) is 1. The van der Waals surface area contributed by atoms with Crippen molar-refractivity contribution < 1.29 is 23.9 Å². The second-order valence-corrected chi connectivity index (χ2v) is 11.6. The average molecular weight is 592 g/mol. The van der Waals surface area contributed by atoms with Crippen LogP contribution in [0.5, 0.6) is 5.75 Å². The van der Waals surface area contributed by atoms with E-state index in [-0.39, 0.29) is 24.1 Å². The van der Waals surface area contributed by atoms with Gasteiger partial charge in [0.2, 0.25) is 17.7 Å². The molecule has 2 heterocycles. The molecule has 43 heavy (non-hydrogen) atoms. The van der Waals surface area contributed by atoms with Gasteiger partial charge in [-0.05, 0) is 37.6 Å². The first-order valence-electron chi connectivity index (χ1n) is 15.3. The lowest BCUT2D eigenvalue weighted by Gasteiger charge is -2.36. The van der Waals surface area contributed by atoms with Crippen LogP contribution in [0.3, 0.4) is 0 Å². The summed E-state index contributed by atoms with van der Waals surface area (Å²) < 4.78 is 5.97. The summed E-state index contributed by atoms with van der Waals surface area (Å²) in [4.78, 5) is 62.0. The Bertz CT molecular complexity index is 1250. The number of amides is 4. The van der Waals surface area contributed by atoms with E-state index in [0.29, 0.717) is 57.1 Å².